The smallest absolute Gasteiger partial charge is 0.272 e. The second kappa shape index (κ2) is 7.74. The van der Waals surface area contributed by atoms with Crippen LogP contribution < -0.4 is 5.32 Å². The van der Waals surface area contributed by atoms with Crippen LogP contribution in [0.2, 0.25) is 0 Å². The first-order chi connectivity index (χ1) is 12.5. The van der Waals surface area contributed by atoms with E-state index in [9.17, 15) is 9.18 Å². The highest BCUT2D eigenvalue weighted by Crippen LogP contribution is 2.16. The zero-order chi connectivity index (χ0) is 18.5. The lowest BCUT2D eigenvalue weighted by molar-refractivity contribution is 0.0779. The van der Waals surface area contributed by atoms with E-state index in [0.29, 0.717) is 17.9 Å². The number of carbonyl (C=O) groups is 1. The zero-order valence-corrected chi connectivity index (χ0v) is 14.6. The van der Waals surface area contributed by atoms with Gasteiger partial charge in [0.2, 0.25) is 5.95 Å². The lowest BCUT2D eigenvalue weighted by atomic mass is 10.2. The topological polar surface area (TPSA) is 58.1 Å². The van der Waals surface area contributed by atoms with Gasteiger partial charge in [0.15, 0.2) is 0 Å². The number of nitrogens with zero attached hydrogens (tertiary/aromatic N) is 3. The van der Waals surface area contributed by atoms with Crippen LogP contribution in [0.1, 0.15) is 21.7 Å². The number of aromatic nitrogens is 2. The van der Waals surface area contributed by atoms with Crippen molar-refractivity contribution in [2.24, 2.45) is 0 Å². The van der Waals surface area contributed by atoms with E-state index in [4.69, 9.17) is 0 Å². The number of aryl methyl sites for hydroxylation is 1. The third-order valence-electron chi connectivity index (χ3n) is 3.76. The summed E-state index contributed by atoms with van der Waals surface area (Å²) in [6, 6.07) is 17.4. The monoisotopic (exact) mass is 350 g/mol. The summed E-state index contributed by atoms with van der Waals surface area (Å²) in [5.74, 6) is -0.310. The number of hydrogen-bond acceptors (Lipinski definition) is 4. The van der Waals surface area contributed by atoms with Gasteiger partial charge in [0.25, 0.3) is 5.91 Å². The number of carbonyl (C=O) groups excluding carboxylic acids is 1. The quantitative estimate of drug-likeness (QED) is 0.757. The number of nitrogens with one attached hydrogen (secondary N) is 1. The number of anilines is 2. The van der Waals surface area contributed by atoms with E-state index in [0.717, 1.165) is 5.56 Å². The van der Waals surface area contributed by atoms with Gasteiger partial charge < -0.3 is 10.2 Å². The molecule has 0 aliphatic heterocycles. The Morgan fingerprint density at radius 2 is 1.85 bits per heavy atom. The van der Waals surface area contributed by atoms with E-state index >= 15 is 0 Å². The fourth-order valence-electron chi connectivity index (χ4n) is 2.55. The van der Waals surface area contributed by atoms with Crippen LogP contribution in [0.4, 0.5) is 16.0 Å². The van der Waals surface area contributed by atoms with Crippen LogP contribution in [0.3, 0.4) is 0 Å². The minimum atomic E-state index is -0.360. The second-order valence-electron chi connectivity index (χ2n) is 6.00. The van der Waals surface area contributed by atoms with Crippen LogP contribution in [-0.2, 0) is 6.54 Å². The van der Waals surface area contributed by atoms with Crippen LogP contribution >= 0.6 is 0 Å². The maximum Gasteiger partial charge on any atom is 0.272 e. The molecule has 0 aliphatic carbocycles. The predicted molar refractivity (Wildman–Crippen MR) is 98.7 cm³/mol. The van der Waals surface area contributed by atoms with E-state index in [1.807, 2.05) is 30.3 Å². The highest BCUT2D eigenvalue weighted by atomic mass is 19.1. The summed E-state index contributed by atoms with van der Waals surface area (Å²) in [7, 11) is 1.73. The number of halogens is 1. The van der Waals surface area contributed by atoms with E-state index < -0.39 is 0 Å². The molecule has 0 radical (unpaired) electrons. The van der Waals surface area contributed by atoms with Crippen LogP contribution in [0.25, 0.3) is 0 Å². The Kier molecular flexibility index (Phi) is 5.22. The van der Waals surface area contributed by atoms with Gasteiger partial charge in [-0.2, -0.15) is 0 Å². The van der Waals surface area contributed by atoms with Crippen LogP contribution in [0, 0.1) is 12.7 Å². The molecule has 5 nitrogen and oxygen atoms in total. The van der Waals surface area contributed by atoms with Gasteiger partial charge in [-0.1, -0.05) is 36.4 Å². The Morgan fingerprint density at radius 3 is 2.58 bits per heavy atom. The van der Waals surface area contributed by atoms with Crippen molar-refractivity contribution in [1.29, 1.82) is 0 Å². The Labute approximate surface area is 151 Å². The normalized spacial score (nSPS) is 10.4. The molecule has 2 aromatic carbocycles. The summed E-state index contributed by atoms with van der Waals surface area (Å²) in [6.07, 6.45) is 0. The zero-order valence-electron chi connectivity index (χ0n) is 14.6. The molecule has 1 amide bonds. The third-order valence-corrected chi connectivity index (χ3v) is 3.76. The van der Waals surface area contributed by atoms with Gasteiger partial charge in [-0.05, 0) is 36.8 Å². The van der Waals surface area contributed by atoms with Gasteiger partial charge in [0.1, 0.15) is 11.5 Å². The molecule has 0 spiro atoms. The fraction of sp³-hybridized carbons (Fsp3) is 0.150. The van der Waals surface area contributed by atoms with Gasteiger partial charge in [0.05, 0.1) is 0 Å². The first-order valence-electron chi connectivity index (χ1n) is 8.19. The molecule has 6 heteroatoms. The standard InChI is InChI=1S/C20H19FN4O/c1-14-11-18(19(26)25(2)13-15-7-4-3-5-8-15)24-20(22-14)23-17-10-6-9-16(21)12-17/h3-12H,13H2,1-2H3,(H,22,23,24). The SMILES string of the molecule is Cc1cc(C(=O)N(C)Cc2ccccc2)nc(Nc2cccc(F)c2)n1. The molecule has 0 aliphatic rings. The molecule has 0 atom stereocenters. The largest absolute Gasteiger partial charge is 0.336 e. The molecule has 0 saturated heterocycles. The molecule has 3 rings (SSSR count). The Morgan fingerprint density at radius 1 is 1.08 bits per heavy atom. The molecule has 1 heterocycles. The fourth-order valence-corrected chi connectivity index (χ4v) is 2.55. The van der Waals surface area contributed by atoms with Gasteiger partial charge in [-0.15, -0.1) is 0 Å². The first-order valence-corrected chi connectivity index (χ1v) is 8.19. The minimum Gasteiger partial charge on any atom is -0.336 e. The number of hydrogen-bond donors (Lipinski definition) is 1. The van der Waals surface area contributed by atoms with E-state index in [2.05, 4.69) is 15.3 Å². The highest BCUT2D eigenvalue weighted by molar-refractivity contribution is 5.92. The summed E-state index contributed by atoms with van der Waals surface area (Å²) in [5, 5.41) is 2.94. The van der Waals surface area contributed by atoms with E-state index in [-0.39, 0.29) is 23.4 Å². The Bertz CT molecular complexity index is 915. The summed E-state index contributed by atoms with van der Waals surface area (Å²) >= 11 is 0. The van der Waals surface area contributed by atoms with Crippen molar-refractivity contribution in [3.8, 4) is 0 Å². The van der Waals surface area contributed by atoms with Crippen molar-refractivity contribution in [3.63, 3.8) is 0 Å². The average molecular weight is 350 g/mol. The number of amides is 1. The molecule has 1 N–H and O–H groups in total. The lowest BCUT2D eigenvalue weighted by Crippen LogP contribution is -2.27. The number of rotatable bonds is 5. The van der Waals surface area contributed by atoms with Crippen molar-refractivity contribution in [3.05, 3.63) is 83.4 Å². The van der Waals surface area contributed by atoms with Gasteiger partial charge in [-0.3, -0.25) is 4.79 Å². The molecular formula is C20H19FN4O. The summed E-state index contributed by atoms with van der Waals surface area (Å²) < 4.78 is 13.3. The molecule has 1 aromatic heterocycles. The summed E-state index contributed by atoms with van der Waals surface area (Å²) in [5.41, 5.74) is 2.49. The van der Waals surface area contributed by atoms with E-state index in [1.165, 1.54) is 12.1 Å². The molecule has 3 aromatic rings. The van der Waals surface area contributed by atoms with E-state index in [1.54, 1.807) is 37.1 Å². The van der Waals surface area contributed by atoms with Gasteiger partial charge >= 0.3 is 0 Å². The maximum absolute atomic E-state index is 13.3. The average Bonchev–Trinajstić information content (AvgIpc) is 2.61. The van der Waals surface area contributed by atoms with Crippen molar-refractivity contribution < 1.29 is 9.18 Å². The number of benzene rings is 2. The van der Waals surface area contributed by atoms with Crippen molar-refractivity contribution in [1.82, 2.24) is 14.9 Å². The molecule has 132 valence electrons. The molecule has 0 fully saturated rings. The van der Waals surface area contributed by atoms with Crippen LogP contribution in [0.15, 0.2) is 60.7 Å². The minimum absolute atomic E-state index is 0.207. The molecule has 0 unspecified atom stereocenters. The maximum atomic E-state index is 13.3. The molecule has 0 bridgehead atoms. The van der Waals surface area contributed by atoms with Crippen LogP contribution in [-0.4, -0.2) is 27.8 Å². The lowest BCUT2D eigenvalue weighted by Gasteiger charge is -2.17. The summed E-state index contributed by atoms with van der Waals surface area (Å²) in [4.78, 5) is 22.9. The van der Waals surface area contributed by atoms with Crippen LogP contribution in [0.5, 0.6) is 0 Å². The molecule has 0 saturated carbocycles. The Balaban J connectivity index is 1.79. The van der Waals surface area contributed by atoms with Crippen molar-refractivity contribution >= 4 is 17.5 Å². The predicted octanol–water partition coefficient (Wildman–Crippen LogP) is 3.94. The Hall–Kier alpha value is -3.28. The van der Waals surface area contributed by atoms with Crippen molar-refractivity contribution in [2.75, 3.05) is 12.4 Å². The highest BCUT2D eigenvalue weighted by Gasteiger charge is 2.16. The second-order valence-corrected chi connectivity index (χ2v) is 6.00. The third kappa shape index (κ3) is 4.42. The van der Waals surface area contributed by atoms with Gasteiger partial charge in [-0.25, -0.2) is 14.4 Å². The van der Waals surface area contributed by atoms with Crippen molar-refractivity contribution in [2.45, 2.75) is 13.5 Å². The molecule has 26 heavy (non-hydrogen) atoms. The van der Waals surface area contributed by atoms with Gasteiger partial charge in [0, 0.05) is 25.0 Å². The molecular weight excluding hydrogens is 331 g/mol. The summed E-state index contributed by atoms with van der Waals surface area (Å²) in [6.45, 7) is 2.27. The first kappa shape index (κ1) is 17.5.